The lowest BCUT2D eigenvalue weighted by Crippen LogP contribution is -2.43. The number of nitriles is 1. The number of carbonyl (C=O) groups excluding carboxylic acids is 1. The normalized spacial score (nSPS) is 16.7. The van der Waals surface area contributed by atoms with Crippen LogP contribution < -0.4 is 15.8 Å². The van der Waals surface area contributed by atoms with Gasteiger partial charge in [0, 0.05) is 32.9 Å². The van der Waals surface area contributed by atoms with Crippen molar-refractivity contribution in [1.82, 2.24) is 14.9 Å². The first-order valence-corrected chi connectivity index (χ1v) is 9.88. The summed E-state index contributed by atoms with van der Waals surface area (Å²) in [5.41, 5.74) is 1.83. The van der Waals surface area contributed by atoms with E-state index in [1.165, 1.54) is 12.1 Å². The van der Waals surface area contributed by atoms with Crippen molar-refractivity contribution in [1.29, 1.82) is 5.26 Å². The van der Waals surface area contributed by atoms with Crippen molar-refractivity contribution in [3.05, 3.63) is 41.6 Å². The minimum atomic E-state index is -1.61. The van der Waals surface area contributed by atoms with E-state index in [1.807, 2.05) is 18.8 Å². The molecule has 1 aromatic carbocycles. The number of aliphatic hydroxyl groups is 2. The summed E-state index contributed by atoms with van der Waals surface area (Å²) in [5.74, 6) is -0.641. The van der Waals surface area contributed by atoms with Gasteiger partial charge in [-0.1, -0.05) is 0 Å². The third-order valence-electron chi connectivity index (χ3n) is 5.69. The molecule has 0 spiro atoms. The lowest BCUT2D eigenvalue weighted by Gasteiger charge is -2.34. The molecule has 2 aromatic rings. The molecule has 10 heteroatoms. The van der Waals surface area contributed by atoms with E-state index in [2.05, 4.69) is 10.3 Å². The number of hydrogen-bond acceptors (Lipinski definition) is 6. The van der Waals surface area contributed by atoms with E-state index < -0.39 is 23.9 Å². The molecule has 3 N–H and O–H groups in total. The number of amides is 1. The van der Waals surface area contributed by atoms with Gasteiger partial charge in [0.25, 0.3) is 5.91 Å². The summed E-state index contributed by atoms with van der Waals surface area (Å²) in [6, 6.07) is 6.23. The first kappa shape index (κ1) is 21.8. The number of imidazole rings is 1. The average Bonchev–Trinajstić information content (AvgIpc) is 3.09. The second kappa shape index (κ2) is 9.28. The van der Waals surface area contributed by atoms with Crippen molar-refractivity contribution in [2.45, 2.75) is 25.0 Å². The zero-order valence-corrected chi connectivity index (χ0v) is 17.0. The molecule has 0 aliphatic carbocycles. The zero-order chi connectivity index (χ0) is 21.8. The van der Waals surface area contributed by atoms with Gasteiger partial charge in [-0.15, -0.1) is 0 Å². The Morgan fingerprint density at radius 2 is 2.13 bits per heavy atom. The fourth-order valence-electron chi connectivity index (χ4n) is 3.67. The van der Waals surface area contributed by atoms with E-state index in [0.29, 0.717) is 30.9 Å². The van der Waals surface area contributed by atoms with Crippen LogP contribution in [0, 0.1) is 23.1 Å². The molecule has 1 amide bonds. The van der Waals surface area contributed by atoms with Gasteiger partial charge in [-0.3, -0.25) is 4.79 Å². The minimum absolute atomic E-state index is 0.205. The summed E-state index contributed by atoms with van der Waals surface area (Å²) in [6.07, 6.45) is 0.103. The molecule has 1 fully saturated rings. The number of hydrogen-bond donors (Lipinski definition) is 3. The Labute approximate surface area is 175 Å². The number of nitrogens with zero attached hydrogens (tertiary/aromatic N) is 4. The lowest BCUT2D eigenvalue weighted by atomic mass is 9.95. The van der Waals surface area contributed by atoms with Gasteiger partial charge < -0.3 is 25.0 Å². The highest BCUT2D eigenvalue weighted by atomic mass is 19.1. The summed E-state index contributed by atoms with van der Waals surface area (Å²) in [4.78, 5) is 18.4. The average molecular weight is 413 g/mol. The highest BCUT2D eigenvalue weighted by Gasteiger charge is 2.30. The Balaban J connectivity index is 1.50. The number of aromatic nitrogens is 2. The van der Waals surface area contributed by atoms with E-state index >= 15 is 0 Å². The van der Waals surface area contributed by atoms with E-state index in [1.54, 1.807) is 23.9 Å². The largest absolute Gasteiger partial charge is 0.382 e. The fraction of sp³-hybridized carbons (Fsp3) is 0.450. The number of aliphatic hydroxyl groups excluding tert-OH is 2. The molecule has 0 saturated carbocycles. The Bertz CT molecular complexity index is 952. The number of rotatable bonds is 6. The molecule has 158 valence electrons. The predicted octanol–water partition coefficient (Wildman–Crippen LogP) is -0.884. The maximum atomic E-state index is 13.3. The molecule has 1 aromatic heterocycles. The van der Waals surface area contributed by atoms with Crippen LogP contribution in [0.2, 0.25) is 0 Å². The van der Waals surface area contributed by atoms with Gasteiger partial charge in [-0.2, -0.15) is 5.26 Å². The molecular formula is C20H25BFN5O3. The van der Waals surface area contributed by atoms with Gasteiger partial charge in [-0.25, -0.2) is 9.37 Å². The van der Waals surface area contributed by atoms with Crippen molar-refractivity contribution in [2.24, 2.45) is 13.0 Å². The minimum Gasteiger partial charge on any atom is -0.382 e. The molecule has 2 atom stereocenters. The molecule has 1 aliphatic rings. The van der Waals surface area contributed by atoms with E-state index in [0.717, 1.165) is 18.4 Å². The van der Waals surface area contributed by atoms with Crippen LogP contribution in [0.4, 0.5) is 10.1 Å². The molecule has 0 unspecified atom stereocenters. The van der Waals surface area contributed by atoms with Gasteiger partial charge in [0.05, 0.1) is 11.3 Å². The standard InChI is InChI=1S/C20H25BFN5O3/c1-26-16(21)11-24-19(26)17(28)18(29)20(30)25-10-12-4-6-27(7-5-12)15-3-2-14(22)8-13(15)9-23/h2-3,8,11-12,17-18,28-29H,4-7,10,21H2,1H3,(H,25,30)/t17-,18-/m1/s1. The van der Waals surface area contributed by atoms with E-state index in [4.69, 9.17) is 0 Å². The highest BCUT2D eigenvalue weighted by molar-refractivity contribution is 6.30. The molecule has 1 saturated heterocycles. The Hall–Kier alpha value is -2.90. The van der Waals surface area contributed by atoms with Crippen LogP contribution in [0.25, 0.3) is 0 Å². The zero-order valence-electron chi connectivity index (χ0n) is 17.0. The van der Waals surface area contributed by atoms with E-state index in [9.17, 15) is 24.7 Å². The predicted molar refractivity (Wildman–Crippen MR) is 111 cm³/mol. The fourth-order valence-corrected chi connectivity index (χ4v) is 3.67. The molecule has 0 radical (unpaired) electrons. The van der Waals surface area contributed by atoms with Crippen molar-refractivity contribution < 1.29 is 19.4 Å². The lowest BCUT2D eigenvalue weighted by molar-refractivity contribution is -0.136. The summed E-state index contributed by atoms with van der Waals surface area (Å²) < 4.78 is 15.0. The summed E-state index contributed by atoms with van der Waals surface area (Å²) >= 11 is 0. The maximum Gasteiger partial charge on any atom is 0.252 e. The van der Waals surface area contributed by atoms with E-state index in [-0.39, 0.29) is 11.7 Å². The molecule has 2 heterocycles. The Morgan fingerprint density at radius 3 is 2.73 bits per heavy atom. The highest BCUT2D eigenvalue weighted by Crippen LogP contribution is 2.26. The van der Waals surface area contributed by atoms with Crippen molar-refractivity contribution in [2.75, 3.05) is 24.5 Å². The van der Waals surface area contributed by atoms with Crippen LogP contribution in [-0.4, -0.2) is 59.3 Å². The van der Waals surface area contributed by atoms with Crippen LogP contribution >= 0.6 is 0 Å². The quantitative estimate of drug-likeness (QED) is 0.530. The molecule has 30 heavy (non-hydrogen) atoms. The van der Waals surface area contributed by atoms with Crippen LogP contribution in [0.5, 0.6) is 0 Å². The Morgan fingerprint density at radius 1 is 1.43 bits per heavy atom. The van der Waals surface area contributed by atoms with Gasteiger partial charge in [0.2, 0.25) is 0 Å². The van der Waals surface area contributed by atoms with Gasteiger partial charge in [0.15, 0.2) is 14.0 Å². The van der Waals surface area contributed by atoms with Crippen molar-refractivity contribution in [3.63, 3.8) is 0 Å². The third-order valence-corrected chi connectivity index (χ3v) is 5.69. The second-order valence-electron chi connectivity index (χ2n) is 7.66. The SMILES string of the molecule is Bc1cnc([C@H](O)[C@@H](O)C(=O)NCC2CCN(c3ccc(F)cc3C#N)CC2)n1C. The summed E-state index contributed by atoms with van der Waals surface area (Å²) in [6.45, 7) is 1.74. The van der Waals surface area contributed by atoms with Crippen LogP contribution in [0.3, 0.4) is 0 Å². The number of halogens is 1. The monoisotopic (exact) mass is 413 g/mol. The molecule has 3 rings (SSSR count). The Kier molecular flexibility index (Phi) is 6.75. The van der Waals surface area contributed by atoms with Gasteiger partial charge in [0.1, 0.15) is 23.8 Å². The number of carbonyl (C=O) groups is 1. The van der Waals surface area contributed by atoms with Crippen LogP contribution in [-0.2, 0) is 11.8 Å². The van der Waals surface area contributed by atoms with Crippen molar-refractivity contribution >= 4 is 25.0 Å². The molecule has 1 aliphatic heterocycles. The molecular weight excluding hydrogens is 388 g/mol. The topological polar surface area (TPSA) is 114 Å². The summed E-state index contributed by atoms with van der Waals surface area (Å²) in [5, 5.41) is 32.4. The summed E-state index contributed by atoms with van der Waals surface area (Å²) in [7, 11) is 3.52. The first-order valence-electron chi connectivity index (χ1n) is 9.88. The smallest absolute Gasteiger partial charge is 0.252 e. The number of benzene rings is 1. The number of piperidine rings is 1. The number of nitrogens with one attached hydrogen (secondary N) is 1. The molecule has 8 nitrogen and oxygen atoms in total. The number of anilines is 1. The maximum absolute atomic E-state index is 13.3. The van der Waals surface area contributed by atoms with Crippen molar-refractivity contribution in [3.8, 4) is 6.07 Å². The van der Waals surface area contributed by atoms with Gasteiger partial charge in [-0.05, 0) is 42.6 Å². The second-order valence-corrected chi connectivity index (χ2v) is 7.66. The third kappa shape index (κ3) is 4.63. The first-order chi connectivity index (χ1) is 14.3. The van der Waals surface area contributed by atoms with Crippen LogP contribution in [0.15, 0.2) is 24.4 Å². The van der Waals surface area contributed by atoms with Gasteiger partial charge >= 0.3 is 0 Å². The molecule has 0 bridgehead atoms. The van der Waals surface area contributed by atoms with Crippen LogP contribution in [0.1, 0.15) is 30.3 Å².